The summed E-state index contributed by atoms with van der Waals surface area (Å²) in [6.45, 7) is 4.45. The minimum absolute atomic E-state index is 0.153. The van der Waals surface area contributed by atoms with Crippen LogP contribution in [0.2, 0.25) is 0 Å². The van der Waals surface area contributed by atoms with Gasteiger partial charge in [-0.25, -0.2) is 4.79 Å². The number of ether oxygens (including phenoxy) is 1. The molecule has 116 valence electrons. The number of carbonyl (C=O) groups is 2. The second-order valence-corrected chi connectivity index (χ2v) is 5.18. The maximum atomic E-state index is 12.2. The van der Waals surface area contributed by atoms with E-state index in [4.69, 9.17) is 4.74 Å². The van der Waals surface area contributed by atoms with Gasteiger partial charge in [-0.15, -0.1) is 0 Å². The summed E-state index contributed by atoms with van der Waals surface area (Å²) in [7, 11) is 1.98. The number of hydrogen-bond donors (Lipinski definition) is 0. The highest BCUT2D eigenvalue weighted by atomic mass is 16.6. The van der Waals surface area contributed by atoms with Crippen molar-refractivity contribution in [2.45, 2.75) is 19.8 Å². The Labute approximate surface area is 125 Å². The fraction of sp³-hybridized carbons (Fsp3) is 0.600. The molecule has 0 atom stereocenters. The molecule has 1 aliphatic rings. The largest absolute Gasteiger partial charge is 0.450 e. The summed E-state index contributed by atoms with van der Waals surface area (Å²) in [5.74, 6) is 0.153. The van der Waals surface area contributed by atoms with Gasteiger partial charge < -0.3 is 19.1 Å². The van der Waals surface area contributed by atoms with E-state index in [9.17, 15) is 9.59 Å². The van der Waals surface area contributed by atoms with Crippen molar-refractivity contribution in [2.75, 3.05) is 32.8 Å². The zero-order valence-electron chi connectivity index (χ0n) is 12.7. The van der Waals surface area contributed by atoms with Crippen LogP contribution in [0.5, 0.6) is 0 Å². The Morgan fingerprint density at radius 2 is 1.86 bits per heavy atom. The Hall–Kier alpha value is -1.98. The third-order valence-corrected chi connectivity index (χ3v) is 3.80. The van der Waals surface area contributed by atoms with Gasteiger partial charge in [0.1, 0.15) is 0 Å². The zero-order valence-corrected chi connectivity index (χ0v) is 12.7. The van der Waals surface area contributed by atoms with Crippen molar-refractivity contribution in [2.24, 2.45) is 7.05 Å². The van der Waals surface area contributed by atoms with Gasteiger partial charge in [-0.3, -0.25) is 4.79 Å². The molecule has 0 unspecified atom stereocenters. The zero-order chi connectivity index (χ0) is 15.2. The summed E-state index contributed by atoms with van der Waals surface area (Å²) >= 11 is 0. The fourth-order valence-corrected chi connectivity index (χ4v) is 2.50. The number of nitrogens with zero attached hydrogens (tertiary/aromatic N) is 3. The molecule has 0 spiro atoms. The number of aryl methyl sites for hydroxylation is 2. The number of hydrogen-bond acceptors (Lipinski definition) is 3. The first-order valence-corrected chi connectivity index (χ1v) is 7.41. The summed E-state index contributed by atoms with van der Waals surface area (Å²) in [6, 6.07) is 4.02. The lowest BCUT2D eigenvalue weighted by molar-refractivity contribution is -0.132. The number of rotatable bonds is 4. The number of aromatic nitrogens is 1. The maximum Gasteiger partial charge on any atom is 0.409 e. The van der Waals surface area contributed by atoms with Gasteiger partial charge in [-0.1, -0.05) is 0 Å². The molecule has 0 aromatic carbocycles. The van der Waals surface area contributed by atoms with E-state index >= 15 is 0 Å². The lowest BCUT2D eigenvalue weighted by atomic mass is 10.2. The quantitative estimate of drug-likeness (QED) is 0.840. The molecule has 1 saturated heterocycles. The molecule has 1 aliphatic heterocycles. The third kappa shape index (κ3) is 4.00. The second-order valence-electron chi connectivity index (χ2n) is 5.18. The molecule has 1 aromatic heterocycles. The SMILES string of the molecule is CCOC(=O)N1CCN(C(=O)CCc2cccn2C)CC1. The van der Waals surface area contributed by atoms with E-state index < -0.39 is 0 Å². The minimum Gasteiger partial charge on any atom is -0.450 e. The van der Waals surface area contributed by atoms with E-state index in [0.717, 1.165) is 12.1 Å². The summed E-state index contributed by atoms with van der Waals surface area (Å²) in [5, 5.41) is 0. The van der Waals surface area contributed by atoms with Crippen LogP contribution >= 0.6 is 0 Å². The van der Waals surface area contributed by atoms with Crippen molar-refractivity contribution in [1.82, 2.24) is 14.4 Å². The fourth-order valence-electron chi connectivity index (χ4n) is 2.50. The third-order valence-electron chi connectivity index (χ3n) is 3.80. The molecule has 2 heterocycles. The molecule has 1 aromatic rings. The first-order chi connectivity index (χ1) is 10.1. The molecule has 0 saturated carbocycles. The van der Waals surface area contributed by atoms with Crippen LogP contribution in [-0.2, 0) is 23.0 Å². The van der Waals surface area contributed by atoms with Crippen LogP contribution < -0.4 is 0 Å². The van der Waals surface area contributed by atoms with Crippen molar-refractivity contribution in [3.8, 4) is 0 Å². The summed E-state index contributed by atoms with van der Waals surface area (Å²) in [5.41, 5.74) is 1.16. The lowest BCUT2D eigenvalue weighted by Gasteiger charge is -2.34. The molecule has 21 heavy (non-hydrogen) atoms. The van der Waals surface area contributed by atoms with E-state index in [-0.39, 0.29) is 12.0 Å². The monoisotopic (exact) mass is 293 g/mol. The van der Waals surface area contributed by atoms with E-state index in [1.807, 2.05) is 34.8 Å². The predicted molar refractivity (Wildman–Crippen MR) is 78.9 cm³/mol. The van der Waals surface area contributed by atoms with E-state index in [0.29, 0.717) is 39.2 Å². The Balaban J connectivity index is 1.75. The van der Waals surface area contributed by atoms with Gasteiger partial charge in [0.25, 0.3) is 0 Å². The first kappa shape index (κ1) is 15.4. The molecule has 6 heteroatoms. The average Bonchev–Trinajstić information content (AvgIpc) is 2.90. The molecule has 2 amide bonds. The van der Waals surface area contributed by atoms with E-state index in [1.54, 1.807) is 11.8 Å². The predicted octanol–water partition coefficient (Wildman–Crippen LogP) is 1.26. The maximum absolute atomic E-state index is 12.2. The van der Waals surface area contributed by atoms with Gasteiger partial charge in [0, 0.05) is 51.5 Å². The van der Waals surface area contributed by atoms with Crippen LogP contribution in [0.15, 0.2) is 18.3 Å². The van der Waals surface area contributed by atoms with Crippen LogP contribution in [0.4, 0.5) is 4.79 Å². The van der Waals surface area contributed by atoms with Gasteiger partial charge in [0.05, 0.1) is 6.61 Å². The Morgan fingerprint density at radius 3 is 2.43 bits per heavy atom. The van der Waals surface area contributed by atoms with Crippen molar-refractivity contribution < 1.29 is 14.3 Å². The Bertz CT molecular complexity index is 490. The van der Waals surface area contributed by atoms with Crippen molar-refractivity contribution >= 4 is 12.0 Å². The van der Waals surface area contributed by atoms with Gasteiger partial charge >= 0.3 is 6.09 Å². The van der Waals surface area contributed by atoms with E-state index in [2.05, 4.69) is 0 Å². The highest BCUT2D eigenvalue weighted by Crippen LogP contribution is 2.09. The normalized spacial score (nSPS) is 15.1. The summed E-state index contributed by atoms with van der Waals surface area (Å²) < 4.78 is 7.00. The van der Waals surface area contributed by atoms with Crippen LogP contribution in [0, 0.1) is 0 Å². The molecule has 0 N–H and O–H groups in total. The van der Waals surface area contributed by atoms with Crippen LogP contribution in [0.25, 0.3) is 0 Å². The molecule has 2 rings (SSSR count). The molecule has 0 bridgehead atoms. The van der Waals surface area contributed by atoms with Gasteiger partial charge in [0.15, 0.2) is 0 Å². The van der Waals surface area contributed by atoms with Crippen LogP contribution in [-0.4, -0.2) is 59.2 Å². The van der Waals surface area contributed by atoms with E-state index in [1.165, 1.54) is 0 Å². The molecule has 1 fully saturated rings. The Kier molecular flexibility index (Phi) is 5.25. The van der Waals surface area contributed by atoms with Crippen molar-refractivity contribution in [3.05, 3.63) is 24.0 Å². The summed E-state index contributed by atoms with van der Waals surface area (Å²) in [6.07, 6.45) is 2.96. The van der Waals surface area contributed by atoms with Crippen LogP contribution in [0.3, 0.4) is 0 Å². The standard InChI is InChI=1S/C15H23N3O3/c1-3-21-15(20)18-11-9-17(10-12-18)14(19)7-6-13-5-4-8-16(13)2/h4-5,8H,3,6-7,9-12H2,1-2H3. The topological polar surface area (TPSA) is 54.8 Å². The highest BCUT2D eigenvalue weighted by Gasteiger charge is 2.24. The first-order valence-electron chi connectivity index (χ1n) is 7.41. The van der Waals surface area contributed by atoms with Crippen molar-refractivity contribution in [1.29, 1.82) is 0 Å². The molecule has 0 aliphatic carbocycles. The Morgan fingerprint density at radius 1 is 1.19 bits per heavy atom. The molecular formula is C15H23N3O3. The molecular weight excluding hydrogens is 270 g/mol. The minimum atomic E-state index is -0.284. The number of piperazine rings is 1. The van der Waals surface area contributed by atoms with Crippen molar-refractivity contribution in [3.63, 3.8) is 0 Å². The smallest absolute Gasteiger partial charge is 0.409 e. The number of carbonyl (C=O) groups excluding carboxylic acids is 2. The van der Waals surface area contributed by atoms with Crippen LogP contribution in [0.1, 0.15) is 19.0 Å². The lowest BCUT2D eigenvalue weighted by Crippen LogP contribution is -2.50. The van der Waals surface area contributed by atoms with Gasteiger partial charge in [0.2, 0.25) is 5.91 Å². The van der Waals surface area contributed by atoms with Gasteiger partial charge in [-0.05, 0) is 25.5 Å². The van der Waals surface area contributed by atoms with Gasteiger partial charge in [-0.2, -0.15) is 0 Å². The highest BCUT2D eigenvalue weighted by molar-refractivity contribution is 5.77. The molecule has 6 nitrogen and oxygen atoms in total. The molecule has 0 radical (unpaired) electrons. The second kappa shape index (κ2) is 7.15. The average molecular weight is 293 g/mol. The summed E-state index contributed by atoms with van der Waals surface area (Å²) in [4.78, 5) is 27.3. The number of amides is 2.